The molecule has 6 heterocycles. The van der Waals surface area contributed by atoms with Gasteiger partial charge in [0, 0.05) is 23.7 Å². The van der Waals surface area contributed by atoms with E-state index in [0.717, 1.165) is 31.4 Å². The SMILES string of the molecule is COc1ccc2ncc(F)c(/C=C/C34CCC(NCc5ccc6c(n5)NC(=O)CO6)(CC3)CO4)c2n1. The third-order valence-corrected chi connectivity index (χ3v) is 7.31. The second kappa shape index (κ2) is 8.79. The van der Waals surface area contributed by atoms with E-state index in [9.17, 15) is 9.18 Å². The Kier molecular flexibility index (Phi) is 5.57. The van der Waals surface area contributed by atoms with Gasteiger partial charge in [-0.2, -0.15) is 0 Å². The molecule has 4 aliphatic rings. The first-order chi connectivity index (χ1) is 17.5. The zero-order valence-electron chi connectivity index (χ0n) is 19.8. The van der Waals surface area contributed by atoms with Gasteiger partial charge >= 0.3 is 0 Å². The molecular weight excluding hydrogens is 465 g/mol. The highest BCUT2D eigenvalue weighted by atomic mass is 19.1. The Balaban J connectivity index is 1.14. The van der Waals surface area contributed by atoms with Crippen LogP contribution in [0.15, 0.2) is 36.5 Å². The molecule has 0 radical (unpaired) electrons. The molecule has 1 saturated carbocycles. The maximum Gasteiger partial charge on any atom is 0.263 e. The van der Waals surface area contributed by atoms with E-state index >= 15 is 0 Å². The van der Waals surface area contributed by atoms with E-state index in [1.54, 1.807) is 18.2 Å². The van der Waals surface area contributed by atoms with E-state index < -0.39 is 11.4 Å². The smallest absolute Gasteiger partial charge is 0.263 e. The van der Waals surface area contributed by atoms with E-state index in [2.05, 4.69) is 25.6 Å². The molecule has 10 heteroatoms. The third-order valence-electron chi connectivity index (χ3n) is 7.31. The number of rotatable bonds is 6. The van der Waals surface area contributed by atoms with Crippen LogP contribution in [0.3, 0.4) is 0 Å². The van der Waals surface area contributed by atoms with Crippen LogP contribution in [0.2, 0.25) is 0 Å². The standard InChI is InChI=1S/C26H26FN5O4/c1-34-22-5-3-19-23(32-22)17(18(27)13-28-19)6-7-26-10-8-25(9-11-26,15-36-26)29-12-16-2-4-20-24(30-16)31-21(33)14-35-20/h2-7,13,29H,8-12,14-15H2,1H3,(H,30,31,33)/b7-6+. The van der Waals surface area contributed by atoms with E-state index in [1.165, 1.54) is 13.3 Å². The van der Waals surface area contributed by atoms with Crippen LogP contribution in [0.25, 0.3) is 17.1 Å². The number of carbonyl (C=O) groups excluding carboxylic acids is 1. The number of hydrogen-bond acceptors (Lipinski definition) is 8. The lowest BCUT2D eigenvalue weighted by Crippen LogP contribution is -2.60. The summed E-state index contributed by atoms with van der Waals surface area (Å²) in [7, 11) is 1.53. The summed E-state index contributed by atoms with van der Waals surface area (Å²) in [5.41, 5.74) is 1.69. The van der Waals surface area contributed by atoms with Crippen molar-refractivity contribution in [3.05, 3.63) is 53.6 Å². The zero-order valence-corrected chi connectivity index (χ0v) is 19.8. The normalized spacial score (nSPS) is 25.0. The van der Waals surface area contributed by atoms with Gasteiger partial charge in [-0.25, -0.2) is 14.4 Å². The van der Waals surface area contributed by atoms with Crippen molar-refractivity contribution in [2.24, 2.45) is 0 Å². The fourth-order valence-corrected chi connectivity index (χ4v) is 5.10. The fourth-order valence-electron chi connectivity index (χ4n) is 5.10. The van der Waals surface area contributed by atoms with E-state index in [-0.39, 0.29) is 18.1 Å². The molecule has 1 aliphatic carbocycles. The maximum atomic E-state index is 14.7. The molecule has 2 saturated heterocycles. The number of ether oxygens (including phenoxy) is 3. The van der Waals surface area contributed by atoms with Gasteiger partial charge in [-0.05, 0) is 43.9 Å². The van der Waals surface area contributed by atoms with Crippen molar-refractivity contribution in [3.8, 4) is 11.6 Å². The van der Waals surface area contributed by atoms with E-state index in [4.69, 9.17) is 14.2 Å². The zero-order chi connectivity index (χ0) is 24.8. The van der Waals surface area contributed by atoms with Crippen molar-refractivity contribution >= 4 is 28.8 Å². The highest BCUT2D eigenvalue weighted by Gasteiger charge is 2.48. The number of carbonyl (C=O) groups is 1. The average Bonchev–Trinajstić information content (AvgIpc) is 2.92. The summed E-state index contributed by atoms with van der Waals surface area (Å²) < 4.78 is 31.7. The summed E-state index contributed by atoms with van der Waals surface area (Å²) in [5.74, 6) is 0.814. The molecule has 3 fully saturated rings. The number of nitrogens with zero attached hydrogens (tertiary/aromatic N) is 3. The van der Waals surface area contributed by atoms with Gasteiger partial charge in [0.05, 0.1) is 36.7 Å². The second-order valence-corrected chi connectivity index (χ2v) is 9.55. The number of fused-ring (bicyclic) bond motifs is 5. The number of nitrogens with one attached hydrogen (secondary N) is 2. The average molecular weight is 492 g/mol. The molecule has 3 aliphatic heterocycles. The molecule has 0 unspecified atom stereocenters. The summed E-state index contributed by atoms with van der Waals surface area (Å²) in [5, 5.41) is 6.38. The molecule has 3 aromatic heterocycles. The van der Waals surface area contributed by atoms with Crippen molar-refractivity contribution in [2.45, 2.75) is 43.4 Å². The quantitative estimate of drug-likeness (QED) is 0.541. The van der Waals surface area contributed by atoms with Gasteiger partial charge in [-0.3, -0.25) is 9.78 Å². The molecule has 2 N–H and O–H groups in total. The molecule has 9 nitrogen and oxygen atoms in total. The van der Waals surface area contributed by atoms with Gasteiger partial charge in [0.1, 0.15) is 5.52 Å². The molecule has 0 spiro atoms. The predicted molar refractivity (Wildman–Crippen MR) is 130 cm³/mol. The molecule has 7 rings (SSSR count). The van der Waals surface area contributed by atoms with Gasteiger partial charge in [0.2, 0.25) is 5.88 Å². The predicted octanol–water partition coefficient (Wildman–Crippen LogP) is 3.39. The van der Waals surface area contributed by atoms with Crippen molar-refractivity contribution in [1.82, 2.24) is 20.3 Å². The minimum Gasteiger partial charge on any atom is -0.481 e. The molecule has 186 valence electrons. The number of anilines is 1. The minimum atomic E-state index is -0.435. The van der Waals surface area contributed by atoms with Crippen LogP contribution < -0.4 is 20.1 Å². The molecule has 36 heavy (non-hydrogen) atoms. The molecule has 2 bridgehead atoms. The lowest BCUT2D eigenvalue weighted by atomic mass is 9.71. The van der Waals surface area contributed by atoms with Gasteiger partial charge in [-0.1, -0.05) is 12.2 Å². The third kappa shape index (κ3) is 4.16. The summed E-state index contributed by atoms with van der Waals surface area (Å²) >= 11 is 0. The number of aromatic nitrogens is 3. The molecule has 0 aromatic carbocycles. The lowest BCUT2D eigenvalue weighted by molar-refractivity contribution is -0.134. The molecule has 0 atom stereocenters. The largest absolute Gasteiger partial charge is 0.481 e. The summed E-state index contributed by atoms with van der Waals surface area (Å²) in [6, 6.07) is 7.21. The topological polar surface area (TPSA) is 107 Å². The lowest BCUT2D eigenvalue weighted by Gasteiger charge is -2.52. The van der Waals surface area contributed by atoms with Crippen LogP contribution in [0.4, 0.5) is 10.2 Å². The van der Waals surface area contributed by atoms with Crippen LogP contribution in [-0.4, -0.2) is 52.3 Å². The van der Waals surface area contributed by atoms with E-state index in [1.807, 2.05) is 18.2 Å². The molecule has 1 amide bonds. The van der Waals surface area contributed by atoms with Crippen LogP contribution in [0.1, 0.15) is 36.9 Å². The van der Waals surface area contributed by atoms with Crippen molar-refractivity contribution in [1.29, 1.82) is 0 Å². The van der Waals surface area contributed by atoms with Crippen molar-refractivity contribution < 1.29 is 23.4 Å². The highest BCUT2D eigenvalue weighted by molar-refractivity contribution is 5.94. The maximum absolute atomic E-state index is 14.7. The Morgan fingerprint density at radius 2 is 2.06 bits per heavy atom. The number of pyridine rings is 3. The van der Waals surface area contributed by atoms with Gasteiger partial charge < -0.3 is 24.8 Å². The van der Waals surface area contributed by atoms with Crippen LogP contribution in [-0.2, 0) is 16.1 Å². The first kappa shape index (κ1) is 22.8. The number of methoxy groups -OCH3 is 1. The summed E-state index contributed by atoms with van der Waals surface area (Å²) in [4.78, 5) is 24.7. The number of hydrogen-bond donors (Lipinski definition) is 2. The summed E-state index contributed by atoms with van der Waals surface area (Å²) in [6.07, 6.45) is 8.45. The Bertz CT molecular complexity index is 1350. The Morgan fingerprint density at radius 1 is 1.19 bits per heavy atom. The van der Waals surface area contributed by atoms with Crippen LogP contribution >= 0.6 is 0 Å². The van der Waals surface area contributed by atoms with Crippen LogP contribution in [0, 0.1) is 5.82 Å². The first-order valence-corrected chi connectivity index (χ1v) is 12.0. The van der Waals surface area contributed by atoms with Crippen LogP contribution in [0.5, 0.6) is 11.6 Å². The molecular formula is C26H26FN5O4. The van der Waals surface area contributed by atoms with Gasteiger partial charge in [0.25, 0.3) is 5.91 Å². The Morgan fingerprint density at radius 3 is 2.83 bits per heavy atom. The Hall–Kier alpha value is -3.63. The van der Waals surface area contributed by atoms with E-state index in [0.29, 0.717) is 47.2 Å². The molecule has 3 aromatic rings. The van der Waals surface area contributed by atoms with Gasteiger partial charge in [-0.15, -0.1) is 0 Å². The first-order valence-electron chi connectivity index (χ1n) is 12.0. The van der Waals surface area contributed by atoms with Gasteiger partial charge in [0.15, 0.2) is 24.0 Å². The second-order valence-electron chi connectivity index (χ2n) is 9.55. The van der Waals surface area contributed by atoms with Crippen molar-refractivity contribution in [3.63, 3.8) is 0 Å². The minimum absolute atomic E-state index is 0.0116. The highest BCUT2D eigenvalue weighted by Crippen LogP contribution is 2.45. The monoisotopic (exact) mass is 491 g/mol. The Labute approximate surface area is 207 Å². The number of halogens is 1. The fraction of sp³-hybridized carbons (Fsp3) is 0.385. The summed E-state index contributed by atoms with van der Waals surface area (Å²) in [6.45, 7) is 1.11. The number of amides is 1. The van der Waals surface area contributed by atoms with Crippen molar-refractivity contribution in [2.75, 3.05) is 25.6 Å².